The minimum Gasteiger partial charge on any atom is -0.507 e. The second-order valence-electron chi connectivity index (χ2n) is 4.91. The number of nitrogens with zero attached hydrogens (tertiary/aromatic N) is 1. The molecule has 4 nitrogen and oxygen atoms in total. The summed E-state index contributed by atoms with van der Waals surface area (Å²) in [6.07, 6.45) is 0.145. The van der Waals surface area contributed by atoms with E-state index in [2.05, 4.69) is 0 Å². The fourth-order valence-electron chi connectivity index (χ4n) is 2.50. The molecule has 1 aliphatic rings. The minimum absolute atomic E-state index is 0.00918. The fourth-order valence-corrected chi connectivity index (χ4v) is 2.50. The maximum Gasteiger partial charge on any atom is 0.257 e. The first kappa shape index (κ1) is 12.0. The Bertz CT molecular complexity index is 638. The van der Waals surface area contributed by atoms with Crippen LogP contribution in [0.25, 0.3) is 10.8 Å². The summed E-state index contributed by atoms with van der Waals surface area (Å²) in [7, 11) is 0. The summed E-state index contributed by atoms with van der Waals surface area (Å²) in [5, 5.41) is 21.3. The molecule has 4 heteroatoms. The molecule has 1 amide bonds. The summed E-state index contributed by atoms with van der Waals surface area (Å²) in [5.74, 6) is -0.232. The lowest BCUT2D eigenvalue weighted by molar-refractivity contribution is 0.0762. The van der Waals surface area contributed by atoms with Crippen molar-refractivity contribution in [1.82, 2.24) is 4.90 Å². The number of likely N-dealkylation sites (tertiary alicyclic amines) is 1. The lowest BCUT2D eigenvalue weighted by Gasteiger charge is -2.16. The fraction of sp³-hybridized carbons (Fsp3) is 0.267. The molecule has 1 saturated heterocycles. The lowest BCUT2D eigenvalue weighted by atomic mass is 10.1. The highest BCUT2D eigenvalue weighted by molar-refractivity contribution is 6.01. The summed E-state index contributed by atoms with van der Waals surface area (Å²) >= 11 is 0. The average Bonchev–Trinajstić information content (AvgIpc) is 2.84. The van der Waals surface area contributed by atoms with Crippen molar-refractivity contribution in [3.8, 4) is 5.75 Å². The average molecular weight is 257 g/mol. The van der Waals surface area contributed by atoms with E-state index in [1.54, 1.807) is 17.0 Å². The zero-order chi connectivity index (χ0) is 13.4. The molecular formula is C15H15NO3. The Labute approximate surface area is 110 Å². The van der Waals surface area contributed by atoms with Gasteiger partial charge in [0.05, 0.1) is 11.7 Å². The van der Waals surface area contributed by atoms with Crippen molar-refractivity contribution in [3.63, 3.8) is 0 Å². The SMILES string of the molecule is O=C(c1cc2ccccc2cc1O)N1CCC(O)C1. The van der Waals surface area contributed by atoms with Crippen LogP contribution in [0.3, 0.4) is 0 Å². The Morgan fingerprint density at radius 3 is 2.53 bits per heavy atom. The molecule has 19 heavy (non-hydrogen) atoms. The molecule has 0 aromatic heterocycles. The topological polar surface area (TPSA) is 60.8 Å². The predicted molar refractivity (Wildman–Crippen MR) is 72.1 cm³/mol. The van der Waals surface area contributed by atoms with Crippen molar-refractivity contribution in [1.29, 1.82) is 0 Å². The van der Waals surface area contributed by atoms with Gasteiger partial charge in [0.15, 0.2) is 0 Å². The van der Waals surface area contributed by atoms with Gasteiger partial charge in [0, 0.05) is 13.1 Å². The largest absolute Gasteiger partial charge is 0.507 e. The molecule has 0 bridgehead atoms. The first-order valence-electron chi connectivity index (χ1n) is 6.34. The summed E-state index contributed by atoms with van der Waals surface area (Å²) in [4.78, 5) is 13.9. The van der Waals surface area contributed by atoms with Gasteiger partial charge < -0.3 is 15.1 Å². The third-order valence-electron chi connectivity index (χ3n) is 3.55. The van der Waals surface area contributed by atoms with E-state index in [1.165, 1.54) is 0 Å². The van der Waals surface area contributed by atoms with Gasteiger partial charge in [-0.05, 0) is 29.3 Å². The second-order valence-corrected chi connectivity index (χ2v) is 4.91. The number of hydrogen-bond donors (Lipinski definition) is 2. The van der Waals surface area contributed by atoms with Crippen molar-refractivity contribution in [2.24, 2.45) is 0 Å². The van der Waals surface area contributed by atoms with E-state index < -0.39 is 6.10 Å². The Hall–Kier alpha value is -2.07. The van der Waals surface area contributed by atoms with Crippen LogP contribution < -0.4 is 0 Å². The number of aliphatic hydroxyl groups is 1. The first-order valence-corrected chi connectivity index (χ1v) is 6.34. The van der Waals surface area contributed by atoms with Gasteiger partial charge in [-0.3, -0.25) is 4.79 Å². The number of aromatic hydroxyl groups is 1. The molecular weight excluding hydrogens is 242 g/mol. The van der Waals surface area contributed by atoms with Gasteiger partial charge in [-0.2, -0.15) is 0 Å². The van der Waals surface area contributed by atoms with Crippen molar-refractivity contribution in [2.45, 2.75) is 12.5 Å². The summed E-state index contributed by atoms with van der Waals surface area (Å²) in [6.45, 7) is 0.872. The van der Waals surface area contributed by atoms with Crippen LogP contribution in [0.1, 0.15) is 16.8 Å². The third kappa shape index (κ3) is 2.15. The zero-order valence-electron chi connectivity index (χ0n) is 10.4. The first-order chi connectivity index (χ1) is 9.15. The Morgan fingerprint density at radius 1 is 1.21 bits per heavy atom. The molecule has 1 fully saturated rings. The molecule has 0 radical (unpaired) electrons. The molecule has 3 rings (SSSR count). The highest BCUT2D eigenvalue weighted by atomic mass is 16.3. The minimum atomic E-state index is -0.452. The molecule has 0 saturated carbocycles. The number of carbonyl (C=O) groups is 1. The number of β-amino-alcohol motifs (C(OH)–C–C–N with tert-alkyl or cyclic N) is 1. The molecule has 2 N–H and O–H groups in total. The van der Waals surface area contributed by atoms with Crippen LogP contribution in [0.5, 0.6) is 5.75 Å². The van der Waals surface area contributed by atoms with Crippen LogP contribution in [0, 0.1) is 0 Å². The number of amides is 1. The molecule has 0 aliphatic carbocycles. The van der Waals surface area contributed by atoms with Crippen molar-refractivity contribution < 1.29 is 15.0 Å². The predicted octanol–water partition coefficient (Wildman–Crippen LogP) is 1.75. The zero-order valence-corrected chi connectivity index (χ0v) is 10.4. The van der Waals surface area contributed by atoms with Crippen molar-refractivity contribution in [3.05, 3.63) is 42.0 Å². The van der Waals surface area contributed by atoms with Gasteiger partial charge in [-0.15, -0.1) is 0 Å². The van der Waals surface area contributed by atoms with Gasteiger partial charge in [0.2, 0.25) is 0 Å². The summed E-state index contributed by atoms with van der Waals surface area (Å²) in [6, 6.07) is 10.9. The van der Waals surface area contributed by atoms with Crippen LogP contribution in [-0.4, -0.2) is 40.2 Å². The van der Waals surface area contributed by atoms with E-state index >= 15 is 0 Å². The standard InChI is InChI=1S/C15H15NO3/c17-12-5-6-16(9-12)15(19)13-7-10-3-1-2-4-11(10)8-14(13)18/h1-4,7-8,12,17-18H,5-6,9H2. The number of benzene rings is 2. The molecule has 1 atom stereocenters. The summed E-state index contributed by atoms with van der Waals surface area (Å²) < 4.78 is 0. The normalized spacial score (nSPS) is 19.0. The van der Waals surface area contributed by atoms with Crippen LogP contribution in [0.2, 0.25) is 0 Å². The molecule has 0 spiro atoms. The van der Waals surface area contributed by atoms with Gasteiger partial charge in [0.1, 0.15) is 5.75 Å². The molecule has 2 aromatic carbocycles. The summed E-state index contributed by atoms with van der Waals surface area (Å²) in [5.41, 5.74) is 0.299. The lowest BCUT2D eigenvalue weighted by Crippen LogP contribution is -2.29. The maximum atomic E-state index is 12.3. The number of rotatable bonds is 1. The van der Waals surface area contributed by atoms with Crippen LogP contribution in [-0.2, 0) is 0 Å². The highest BCUT2D eigenvalue weighted by Crippen LogP contribution is 2.27. The number of carbonyl (C=O) groups excluding carboxylic acids is 1. The van der Waals surface area contributed by atoms with Gasteiger partial charge in [-0.1, -0.05) is 24.3 Å². The van der Waals surface area contributed by atoms with Crippen LogP contribution >= 0.6 is 0 Å². The molecule has 1 aliphatic heterocycles. The van der Waals surface area contributed by atoms with Crippen LogP contribution in [0.4, 0.5) is 0 Å². The molecule has 1 heterocycles. The number of hydrogen-bond acceptors (Lipinski definition) is 3. The van der Waals surface area contributed by atoms with Gasteiger partial charge in [-0.25, -0.2) is 0 Å². The smallest absolute Gasteiger partial charge is 0.257 e. The number of phenols is 1. The van der Waals surface area contributed by atoms with Gasteiger partial charge >= 0.3 is 0 Å². The van der Waals surface area contributed by atoms with E-state index in [1.807, 2.05) is 24.3 Å². The Balaban J connectivity index is 2.00. The van der Waals surface area contributed by atoms with Gasteiger partial charge in [0.25, 0.3) is 5.91 Å². The number of phenolic OH excluding ortho intramolecular Hbond substituents is 1. The van der Waals surface area contributed by atoms with E-state index in [0.717, 1.165) is 10.8 Å². The third-order valence-corrected chi connectivity index (χ3v) is 3.55. The van der Waals surface area contributed by atoms with Crippen molar-refractivity contribution >= 4 is 16.7 Å². The Morgan fingerprint density at radius 2 is 1.89 bits per heavy atom. The number of fused-ring (bicyclic) bond motifs is 1. The van der Waals surface area contributed by atoms with Crippen molar-refractivity contribution in [2.75, 3.05) is 13.1 Å². The monoisotopic (exact) mass is 257 g/mol. The molecule has 1 unspecified atom stereocenters. The molecule has 2 aromatic rings. The second kappa shape index (κ2) is 4.55. The highest BCUT2D eigenvalue weighted by Gasteiger charge is 2.27. The van der Waals surface area contributed by atoms with E-state index in [9.17, 15) is 15.0 Å². The number of aliphatic hydroxyl groups excluding tert-OH is 1. The maximum absolute atomic E-state index is 12.3. The Kier molecular flexibility index (Phi) is 2.87. The van der Waals surface area contributed by atoms with E-state index in [0.29, 0.717) is 25.1 Å². The van der Waals surface area contributed by atoms with E-state index in [4.69, 9.17) is 0 Å². The van der Waals surface area contributed by atoms with Crippen LogP contribution in [0.15, 0.2) is 36.4 Å². The molecule has 98 valence electrons. The van der Waals surface area contributed by atoms with E-state index in [-0.39, 0.29) is 11.7 Å². The quantitative estimate of drug-likeness (QED) is 0.818.